The van der Waals surface area contributed by atoms with Gasteiger partial charge in [-0.2, -0.15) is 0 Å². The number of ketones is 1. The number of nitrogens with zero attached hydrogens (tertiary/aromatic N) is 2. The minimum atomic E-state index is -0.407. The summed E-state index contributed by atoms with van der Waals surface area (Å²) in [5, 5.41) is 0.544. The number of carbonyl (C=O) groups excluding carboxylic acids is 3. The van der Waals surface area contributed by atoms with Crippen molar-refractivity contribution in [3.05, 3.63) is 59.1 Å². The maximum absolute atomic E-state index is 12.8. The van der Waals surface area contributed by atoms with Gasteiger partial charge in [-0.3, -0.25) is 14.4 Å². The van der Waals surface area contributed by atoms with Crippen molar-refractivity contribution in [1.29, 1.82) is 0 Å². The lowest BCUT2D eigenvalue weighted by molar-refractivity contribution is -0.121. The van der Waals surface area contributed by atoms with Crippen molar-refractivity contribution >= 4 is 41.1 Å². The molecule has 1 unspecified atom stereocenters. The molecule has 1 atom stereocenters. The summed E-state index contributed by atoms with van der Waals surface area (Å²) < 4.78 is 0. The first-order valence-corrected chi connectivity index (χ1v) is 8.30. The first kappa shape index (κ1) is 17.2. The molecule has 0 saturated carbocycles. The quantitative estimate of drug-likeness (QED) is 0.624. The smallest absolute Gasteiger partial charge is 0.232 e. The molecule has 0 radical (unpaired) electrons. The van der Waals surface area contributed by atoms with Crippen LogP contribution in [0.25, 0.3) is 0 Å². The van der Waals surface area contributed by atoms with E-state index in [0.29, 0.717) is 28.4 Å². The molecule has 0 aliphatic carbocycles. The zero-order valence-electron chi connectivity index (χ0n) is 13.7. The van der Waals surface area contributed by atoms with Crippen LogP contribution in [0.4, 0.5) is 11.4 Å². The number of fused-ring (bicyclic) bond motifs is 1. The fraction of sp³-hybridized carbons (Fsp3) is 0.211. The van der Waals surface area contributed by atoms with E-state index in [4.69, 9.17) is 11.6 Å². The highest BCUT2D eigenvalue weighted by Gasteiger charge is 2.32. The number of hydrogen-bond acceptors (Lipinski definition) is 3. The molecule has 2 aromatic carbocycles. The molecule has 0 saturated heterocycles. The van der Waals surface area contributed by atoms with Crippen LogP contribution in [-0.2, 0) is 9.59 Å². The molecule has 2 aromatic rings. The van der Waals surface area contributed by atoms with Crippen molar-refractivity contribution in [1.82, 2.24) is 0 Å². The van der Waals surface area contributed by atoms with Crippen LogP contribution in [0.2, 0.25) is 5.02 Å². The third-order valence-corrected chi connectivity index (χ3v) is 4.49. The first-order chi connectivity index (χ1) is 12.0. The molecule has 25 heavy (non-hydrogen) atoms. The Morgan fingerprint density at radius 2 is 1.80 bits per heavy atom. The molecular formula is C19H17ClN2O3. The number of anilines is 2. The summed E-state index contributed by atoms with van der Waals surface area (Å²) in [6.45, 7) is 1.95. The molecule has 128 valence electrons. The van der Waals surface area contributed by atoms with Gasteiger partial charge in [-0.05, 0) is 36.4 Å². The summed E-state index contributed by atoms with van der Waals surface area (Å²) in [6.07, 6.45) is 0.715. The Bertz CT molecular complexity index is 820. The summed E-state index contributed by atoms with van der Waals surface area (Å²) in [6, 6.07) is 13.7. The highest BCUT2D eigenvalue weighted by molar-refractivity contribution is 6.30. The monoisotopic (exact) mass is 356 g/mol. The standard InChI is InChI=1S/C19H17ClN2O3/c1-13-10-21(12-23)16-4-2-3-5-17(16)22(19(13)25)11-18(24)14-6-8-15(20)9-7-14/h2-9,12-13H,10-11H2,1H3. The van der Waals surface area contributed by atoms with Gasteiger partial charge in [-0.1, -0.05) is 30.7 Å². The maximum atomic E-state index is 12.8. The van der Waals surface area contributed by atoms with E-state index in [0.717, 1.165) is 0 Å². The number of para-hydroxylation sites is 2. The highest BCUT2D eigenvalue weighted by atomic mass is 35.5. The molecule has 1 heterocycles. The Morgan fingerprint density at radius 3 is 2.44 bits per heavy atom. The van der Waals surface area contributed by atoms with Gasteiger partial charge in [-0.25, -0.2) is 0 Å². The van der Waals surface area contributed by atoms with E-state index in [-0.39, 0.29) is 24.8 Å². The van der Waals surface area contributed by atoms with Crippen molar-refractivity contribution in [2.75, 3.05) is 22.9 Å². The van der Waals surface area contributed by atoms with Gasteiger partial charge < -0.3 is 9.80 Å². The number of hydrogen-bond donors (Lipinski definition) is 0. The number of halogens is 1. The Kier molecular flexibility index (Phi) is 4.86. The molecule has 0 fully saturated rings. The van der Waals surface area contributed by atoms with Gasteiger partial charge in [0.2, 0.25) is 12.3 Å². The number of rotatable bonds is 4. The minimum absolute atomic E-state index is 0.0888. The van der Waals surface area contributed by atoms with Gasteiger partial charge in [0.1, 0.15) is 0 Å². The maximum Gasteiger partial charge on any atom is 0.232 e. The van der Waals surface area contributed by atoms with Crippen molar-refractivity contribution in [3.8, 4) is 0 Å². The van der Waals surface area contributed by atoms with Crippen molar-refractivity contribution < 1.29 is 14.4 Å². The van der Waals surface area contributed by atoms with Crippen LogP contribution in [0, 0.1) is 5.92 Å². The van der Waals surface area contributed by atoms with Gasteiger partial charge in [0, 0.05) is 17.1 Å². The van der Waals surface area contributed by atoms with E-state index in [1.807, 2.05) is 0 Å². The molecule has 0 bridgehead atoms. The van der Waals surface area contributed by atoms with E-state index >= 15 is 0 Å². The summed E-state index contributed by atoms with van der Waals surface area (Å²) in [7, 11) is 0. The Balaban J connectivity index is 1.97. The van der Waals surface area contributed by atoms with Crippen molar-refractivity contribution in [3.63, 3.8) is 0 Å². The average molecular weight is 357 g/mol. The van der Waals surface area contributed by atoms with Crippen LogP contribution >= 0.6 is 11.6 Å². The lowest BCUT2D eigenvalue weighted by Gasteiger charge is -2.23. The lowest BCUT2D eigenvalue weighted by atomic mass is 10.1. The van der Waals surface area contributed by atoms with Crippen LogP contribution < -0.4 is 9.80 Å². The largest absolute Gasteiger partial charge is 0.312 e. The molecule has 2 amide bonds. The molecule has 1 aliphatic heterocycles. The zero-order valence-corrected chi connectivity index (χ0v) is 14.4. The highest BCUT2D eigenvalue weighted by Crippen LogP contribution is 2.33. The predicted molar refractivity (Wildman–Crippen MR) is 97.2 cm³/mol. The minimum Gasteiger partial charge on any atom is -0.312 e. The number of carbonyl (C=O) groups is 3. The molecular weight excluding hydrogens is 340 g/mol. The van der Waals surface area contributed by atoms with Gasteiger partial charge in [-0.15, -0.1) is 0 Å². The van der Waals surface area contributed by atoms with E-state index in [9.17, 15) is 14.4 Å². The molecule has 1 aliphatic rings. The van der Waals surface area contributed by atoms with Crippen LogP contribution in [-0.4, -0.2) is 31.2 Å². The first-order valence-electron chi connectivity index (χ1n) is 7.92. The Morgan fingerprint density at radius 1 is 1.16 bits per heavy atom. The topological polar surface area (TPSA) is 57.7 Å². The lowest BCUT2D eigenvalue weighted by Crippen LogP contribution is -2.39. The summed E-state index contributed by atoms with van der Waals surface area (Å²) >= 11 is 5.86. The van der Waals surface area contributed by atoms with Crippen LogP contribution in [0.1, 0.15) is 17.3 Å². The van der Waals surface area contributed by atoms with E-state index in [2.05, 4.69) is 0 Å². The summed E-state index contributed by atoms with van der Waals surface area (Å²) in [4.78, 5) is 39.8. The zero-order chi connectivity index (χ0) is 18.0. The van der Waals surface area contributed by atoms with E-state index < -0.39 is 5.92 Å². The fourth-order valence-electron chi connectivity index (χ4n) is 2.93. The number of amides is 2. The molecule has 5 nitrogen and oxygen atoms in total. The number of Topliss-reactive ketones (excluding diaryl/α,β-unsaturated/α-hetero) is 1. The van der Waals surface area contributed by atoms with Gasteiger partial charge in [0.15, 0.2) is 5.78 Å². The Labute approximate surface area is 150 Å². The van der Waals surface area contributed by atoms with Gasteiger partial charge in [0.05, 0.1) is 23.8 Å². The SMILES string of the molecule is CC1CN(C=O)c2ccccc2N(CC(=O)c2ccc(Cl)cc2)C1=O. The third-order valence-electron chi connectivity index (χ3n) is 4.24. The predicted octanol–water partition coefficient (Wildman–Crippen LogP) is 3.17. The fourth-order valence-corrected chi connectivity index (χ4v) is 3.05. The van der Waals surface area contributed by atoms with E-state index in [1.165, 1.54) is 9.80 Å². The van der Waals surface area contributed by atoms with Crippen molar-refractivity contribution in [2.24, 2.45) is 5.92 Å². The van der Waals surface area contributed by atoms with Gasteiger partial charge >= 0.3 is 0 Å². The van der Waals surface area contributed by atoms with E-state index in [1.54, 1.807) is 55.5 Å². The van der Waals surface area contributed by atoms with Crippen LogP contribution in [0.5, 0.6) is 0 Å². The van der Waals surface area contributed by atoms with Crippen LogP contribution in [0.15, 0.2) is 48.5 Å². The second-order valence-electron chi connectivity index (χ2n) is 6.00. The second-order valence-corrected chi connectivity index (χ2v) is 6.44. The normalized spacial score (nSPS) is 17.0. The molecule has 3 rings (SSSR count). The van der Waals surface area contributed by atoms with Crippen molar-refractivity contribution in [2.45, 2.75) is 6.92 Å². The third kappa shape index (κ3) is 3.42. The average Bonchev–Trinajstić information content (AvgIpc) is 2.72. The summed E-state index contributed by atoms with van der Waals surface area (Å²) in [5.74, 6) is -0.777. The molecule has 0 spiro atoms. The van der Waals surface area contributed by atoms with Crippen LogP contribution in [0.3, 0.4) is 0 Å². The molecule has 0 N–H and O–H groups in total. The summed E-state index contributed by atoms with van der Waals surface area (Å²) in [5.41, 5.74) is 1.67. The molecule has 0 aromatic heterocycles. The van der Waals surface area contributed by atoms with Gasteiger partial charge in [0.25, 0.3) is 0 Å². The number of benzene rings is 2. The second kappa shape index (κ2) is 7.07. The molecule has 6 heteroatoms. The Hall–Kier alpha value is -2.66.